The van der Waals surface area contributed by atoms with Gasteiger partial charge in [-0.1, -0.05) is 23.2 Å². The third kappa shape index (κ3) is 3.27. The number of nitrogens with one attached hydrogen (secondary N) is 1. The van der Waals surface area contributed by atoms with Crippen molar-refractivity contribution in [3.05, 3.63) is 56.6 Å². The Hall–Kier alpha value is -1.98. The predicted octanol–water partition coefficient (Wildman–Crippen LogP) is 4.23. The smallest absolute Gasteiger partial charge is 0.273 e. The summed E-state index contributed by atoms with van der Waals surface area (Å²) in [5, 5.41) is 14.6. The molecule has 2 aromatic rings. The number of benzene rings is 2. The number of hydrogen-bond donors (Lipinski definition) is 2. The maximum Gasteiger partial charge on any atom is 0.273 e. The molecule has 0 fully saturated rings. The van der Waals surface area contributed by atoms with Gasteiger partial charge >= 0.3 is 0 Å². The Bertz CT molecular complexity index is 647. The molecule has 0 spiro atoms. The lowest BCUT2D eigenvalue weighted by Gasteiger charge is -2.09. The fraction of sp³-hybridized carbons (Fsp3) is 0. The van der Waals surface area contributed by atoms with Crippen molar-refractivity contribution < 1.29 is 4.92 Å². The molecule has 0 bridgehead atoms. The number of non-ortho nitro benzene ring substituents is 1. The van der Waals surface area contributed by atoms with Crippen LogP contribution in [0.5, 0.6) is 0 Å². The molecule has 0 saturated carbocycles. The van der Waals surface area contributed by atoms with E-state index in [1.165, 1.54) is 12.1 Å². The van der Waals surface area contributed by atoms with E-state index in [-0.39, 0.29) is 5.69 Å². The van der Waals surface area contributed by atoms with E-state index < -0.39 is 4.92 Å². The number of nitrogen functional groups attached to an aromatic ring is 1. The Kier molecular flexibility index (Phi) is 3.78. The Morgan fingerprint density at radius 2 is 1.89 bits per heavy atom. The Labute approximate surface area is 119 Å². The van der Waals surface area contributed by atoms with Crippen LogP contribution in [0, 0.1) is 10.1 Å². The zero-order chi connectivity index (χ0) is 14.0. The summed E-state index contributed by atoms with van der Waals surface area (Å²) in [7, 11) is 0. The summed E-state index contributed by atoms with van der Waals surface area (Å²) in [4.78, 5) is 10.2. The highest BCUT2D eigenvalue weighted by atomic mass is 35.5. The largest absolute Gasteiger partial charge is 0.398 e. The quantitative estimate of drug-likeness (QED) is 0.505. The van der Waals surface area contributed by atoms with E-state index in [1.807, 2.05) is 0 Å². The monoisotopic (exact) mass is 297 g/mol. The molecule has 2 rings (SSSR count). The summed E-state index contributed by atoms with van der Waals surface area (Å²) in [5.74, 6) is 0. The molecule has 0 aliphatic heterocycles. The summed E-state index contributed by atoms with van der Waals surface area (Å²) in [6, 6.07) is 9.16. The molecule has 3 N–H and O–H groups in total. The third-order valence-electron chi connectivity index (χ3n) is 2.36. The van der Waals surface area contributed by atoms with Crippen molar-refractivity contribution in [2.75, 3.05) is 11.1 Å². The molecule has 0 aliphatic rings. The predicted molar refractivity (Wildman–Crippen MR) is 77.3 cm³/mol. The third-order valence-corrected chi connectivity index (χ3v) is 2.91. The second kappa shape index (κ2) is 5.34. The van der Waals surface area contributed by atoms with Crippen LogP contribution < -0.4 is 11.1 Å². The second-order valence-electron chi connectivity index (χ2n) is 3.82. The molecule has 0 saturated heterocycles. The van der Waals surface area contributed by atoms with Crippen molar-refractivity contribution >= 4 is 46.0 Å². The molecule has 0 unspecified atom stereocenters. The molecule has 98 valence electrons. The van der Waals surface area contributed by atoms with Gasteiger partial charge in [-0.2, -0.15) is 0 Å². The summed E-state index contributed by atoms with van der Waals surface area (Å²) < 4.78 is 0. The molecule has 0 radical (unpaired) electrons. The highest BCUT2D eigenvalue weighted by molar-refractivity contribution is 6.36. The molecule has 5 nitrogen and oxygen atoms in total. The van der Waals surface area contributed by atoms with Crippen LogP contribution in [-0.2, 0) is 0 Å². The SMILES string of the molecule is Nc1cc(Nc2ccc(Cl)cc2Cl)cc([N+](=O)[O-])c1. The fourth-order valence-electron chi connectivity index (χ4n) is 1.56. The first-order valence-corrected chi connectivity index (χ1v) is 5.98. The second-order valence-corrected chi connectivity index (χ2v) is 4.66. The molecule has 0 aliphatic carbocycles. The van der Waals surface area contributed by atoms with Crippen LogP contribution in [0.1, 0.15) is 0 Å². The number of hydrogen-bond acceptors (Lipinski definition) is 4. The van der Waals surface area contributed by atoms with Gasteiger partial charge in [-0.25, -0.2) is 0 Å². The number of halogens is 2. The van der Waals surface area contributed by atoms with E-state index >= 15 is 0 Å². The van der Waals surface area contributed by atoms with Gasteiger partial charge in [-0.15, -0.1) is 0 Å². The number of nitrogens with two attached hydrogens (primary N) is 1. The normalized spacial score (nSPS) is 10.2. The minimum absolute atomic E-state index is 0.0902. The van der Waals surface area contributed by atoms with Crippen molar-refractivity contribution in [2.24, 2.45) is 0 Å². The minimum atomic E-state index is -0.509. The highest BCUT2D eigenvalue weighted by Gasteiger charge is 2.09. The molecule has 0 heterocycles. The molecule has 19 heavy (non-hydrogen) atoms. The van der Waals surface area contributed by atoms with Crippen LogP contribution in [0.15, 0.2) is 36.4 Å². The first-order valence-electron chi connectivity index (χ1n) is 5.23. The van der Waals surface area contributed by atoms with E-state index in [2.05, 4.69) is 5.32 Å². The average Bonchev–Trinajstić information content (AvgIpc) is 2.32. The van der Waals surface area contributed by atoms with E-state index in [0.29, 0.717) is 27.1 Å². The van der Waals surface area contributed by atoms with Crippen molar-refractivity contribution in [1.29, 1.82) is 0 Å². The lowest BCUT2D eigenvalue weighted by atomic mass is 10.2. The zero-order valence-electron chi connectivity index (χ0n) is 9.56. The number of rotatable bonds is 3. The van der Waals surface area contributed by atoms with Gasteiger partial charge in [0.1, 0.15) is 0 Å². The van der Waals surface area contributed by atoms with Crippen molar-refractivity contribution in [3.63, 3.8) is 0 Å². The van der Waals surface area contributed by atoms with Gasteiger partial charge in [0.05, 0.1) is 15.6 Å². The number of nitro benzene ring substituents is 1. The van der Waals surface area contributed by atoms with Crippen molar-refractivity contribution in [2.45, 2.75) is 0 Å². The lowest BCUT2D eigenvalue weighted by Crippen LogP contribution is -1.96. The molecule has 0 aromatic heterocycles. The van der Waals surface area contributed by atoms with Gasteiger partial charge in [0.2, 0.25) is 0 Å². The number of anilines is 3. The van der Waals surface area contributed by atoms with Gasteiger partial charge in [-0.3, -0.25) is 10.1 Å². The van der Waals surface area contributed by atoms with Crippen LogP contribution >= 0.6 is 23.2 Å². The van der Waals surface area contributed by atoms with Crippen LogP contribution in [0.25, 0.3) is 0 Å². The zero-order valence-corrected chi connectivity index (χ0v) is 11.1. The van der Waals surface area contributed by atoms with E-state index in [4.69, 9.17) is 28.9 Å². The van der Waals surface area contributed by atoms with Crippen LogP contribution in [0.4, 0.5) is 22.7 Å². The molecular formula is C12H9Cl2N3O2. The first kappa shape index (κ1) is 13.5. The molecule has 0 amide bonds. The highest BCUT2D eigenvalue weighted by Crippen LogP contribution is 2.30. The van der Waals surface area contributed by atoms with Crippen LogP contribution in [0.3, 0.4) is 0 Å². The van der Waals surface area contributed by atoms with Gasteiger partial charge < -0.3 is 11.1 Å². The molecule has 7 heteroatoms. The number of nitrogens with zero attached hydrogens (tertiary/aromatic N) is 1. The van der Waals surface area contributed by atoms with Crippen molar-refractivity contribution in [3.8, 4) is 0 Å². The molecular weight excluding hydrogens is 289 g/mol. The molecule has 0 atom stereocenters. The maximum absolute atomic E-state index is 10.7. The summed E-state index contributed by atoms with van der Waals surface area (Å²) in [6.45, 7) is 0. The topological polar surface area (TPSA) is 81.2 Å². The average molecular weight is 298 g/mol. The van der Waals surface area contributed by atoms with Gasteiger partial charge in [-0.05, 0) is 24.3 Å². The Balaban J connectivity index is 2.35. The number of nitro groups is 1. The summed E-state index contributed by atoms with van der Waals surface area (Å²) >= 11 is 11.8. The van der Waals surface area contributed by atoms with Gasteiger partial charge in [0.15, 0.2) is 0 Å². The van der Waals surface area contributed by atoms with Crippen LogP contribution in [0.2, 0.25) is 10.0 Å². The summed E-state index contributed by atoms with van der Waals surface area (Å²) in [5.41, 5.74) is 6.89. The summed E-state index contributed by atoms with van der Waals surface area (Å²) in [6.07, 6.45) is 0. The fourth-order valence-corrected chi connectivity index (χ4v) is 2.01. The van der Waals surface area contributed by atoms with E-state index in [0.717, 1.165) is 0 Å². The van der Waals surface area contributed by atoms with Gasteiger partial charge in [0.25, 0.3) is 5.69 Å². The maximum atomic E-state index is 10.7. The Morgan fingerprint density at radius 3 is 2.53 bits per heavy atom. The molecule has 2 aromatic carbocycles. The first-order chi connectivity index (χ1) is 8.95. The van der Waals surface area contributed by atoms with E-state index in [9.17, 15) is 10.1 Å². The Morgan fingerprint density at radius 1 is 1.16 bits per heavy atom. The minimum Gasteiger partial charge on any atom is -0.398 e. The van der Waals surface area contributed by atoms with E-state index in [1.54, 1.807) is 24.3 Å². The van der Waals surface area contributed by atoms with Gasteiger partial charge in [0, 0.05) is 28.5 Å². The standard InChI is InChI=1S/C12H9Cl2N3O2/c13-7-1-2-12(11(14)3-7)16-9-4-8(15)5-10(6-9)17(18)19/h1-6,16H,15H2. The van der Waals surface area contributed by atoms with Crippen molar-refractivity contribution in [1.82, 2.24) is 0 Å². The van der Waals surface area contributed by atoms with Crippen LogP contribution in [-0.4, -0.2) is 4.92 Å². The lowest BCUT2D eigenvalue weighted by molar-refractivity contribution is -0.384.